The average molecular weight is 324 g/mol. The van der Waals surface area contributed by atoms with Gasteiger partial charge in [0.25, 0.3) is 0 Å². The van der Waals surface area contributed by atoms with Crippen molar-refractivity contribution >= 4 is 17.3 Å². The minimum atomic E-state index is -0.157. The second-order valence-corrected chi connectivity index (χ2v) is 6.71. The zero-order valence-corrected chi connectivity index (χ0v) is 13.6. The molecule has 0 saturated heterocycles. The van der Waals surface area contributed by atoms with Crippen molar-refractivity contribution in [2.24, 2.45) is 0 Å². The lowest BCUT2D eigenvalue weighted by Gasteiger charge is -2.27. The number of hydrogen-bond donors (Lipinski definition) is 2. The Labute approximate surface area is 141 Å². The van der Waals surface area contributed by atoms with E-state index in [9.17, 15) is 9.18 Å². The maximum absolute atomic E-state index is 13.5. The molecule has 0 radical (unpaired) electrons. The average Bonchev–Trinajstić information content (AvgIpc) is 2.75. The fraction of sp³-hybridized carbons (Fsp3) is 0.350. The molecule has 2 aliphatic rings. The molecule has 0 bridgehead atoms. The highest BCUT2D eigenvalue weighted by Gasteiger charge is 2.21. The first kappa shape index (κ1) is 15.2. The van der Waals surface area contributed by atoms with Crippen LogP contribution in [-0.2, 0) is 17.6 Å². The predicted molar refractivity (Wildman–Crippen MR) is 93.7 cm³/mol. The molecule has 2 aromatic carbocycles. The van der Waals surface area contributed by atoms with Gasteiger partial charge in [-0.05, 0) is 79.1 Å². The zero-order chi connectivity index (χ0) is 16.5. The summed E-state index contributed by atoms with van der Waals surface area (Å²) in [6.07, 6.45) is 5.44. The lowest BCUT2D eigenvalue weighted by molar-refractivity contribution is -0.116. The van der Waals surface area contributed by atoms with Gasteiger partial charge in [-0.25, -0.2) is 4.39 Å². The number of anilines is 2. The SMILES string of the molecule is O=C1CCCc2cc(NC3CCCc4cc(F)ccc43)ccc2N1. The number of amides is 1. The van der Waals surface area contributed by atoms with Gasteiger partial charge in [0.2, 0.25) is 5.91 Å². The third kappa shape index (κ3) is 3.01. The molecule has 3 nitrogen and oxygen atoms in total. The summed E-state index contributed by atoms with van der Waals surface area (Å²) in [7, 11) is 0. The number of fused-ring (bicyclic) bond motifs is 2. The molecule has 0 aromatic heterocycles. The number of halogens is 1. The first-order valence-corrected chi connectivity index (χ1v) is 8.67. The quantitative estimate of drug-likeness (QED) is 0.848. The highest BCUT2D eigenvalue weighted by atomic mass is 19.1. The lowest BCUT2D eigenvalue weighted by Crippen LogP contribution is -2.17. The van der Waals surface area contributed by atoms with Gasteiger partial charge in [-0.1, -0.05) is 6.07 Å². The number of nitrogens with one attached hydrogen (secondary N) is 2. The van der Waals surface area contributed by atoms with E-state index in [1.54, 1.807) is 12.1 Å². The second-order valence-electron chi connectivity index (χ2n) is 6.71. The number of benzene rings is 2. The van der Waals surface area contributed by atoms with E-state index in [4.69, 9.17) is 0 Å². The molecular formula is C20H21FN2O. The largest absolute Gasteiger partial charge is 0.378 e. The van der Waals surface area contributed by atoms with Crippen molar-refractivity contribution in [3.8, 4) is 0 Å². The maximum Gasteiger partial charge on any atom is 0.224 e. The Morgan fingerprint density at radius 3 is 2.79 bits per heavy atom. The fourth-order valence-electron chi connectivity index (χ4n) is 3.80. The zero-order valence-electron chi connectivity index (χ0n) is 13.6. The molecule has 1 unspecified atom stereocenters. The van der Waals surface area contributed by atoms with Crippen LogP contribution in [0.15, 0.2) is 36.4 Å². The van der Waals surface area contributed by atoms with Gasteiger partial charge in [-0.2, -0.15) is 0 Å². The minimum absolute atomic E-state index is 0.0951. The van der Waals surface area contributed by atoms with Crippen LogP contribution in [0.25, 0.3) is 0 Å². The number of carbonyl (C=O) groups is 1. The number of rotatable bonds is 2. The van der Waals surface area contributed by atoms with Crippen LogP contribution in [0.2, 0.25) is 0 Å². The summed E-state index contributed by atoms with van der Waals surface area (Å²) >= 11 is 0. The van der Waals surface area contributed by atoms with Crippen molar-refractivity contribution in [2.45, 2.75) is 44.6 Å². The second kappa shape index (κ2) is 6.27. The molecule has 0 saturated carbocycles. The van der Waals surface area contributed by atoms with E-state index in [0.717, 1.165) is 49.0 Å². The van der Waals surface area contributed by atoms with E-state index in [-0.39, 0.29) is 17.8 Å². The molecule has 24 heavy (non-hydrogen) atoms. The summed E-state index contributed by atoms with van der Waals surface area (Å²) in [5.41, 5.74) is 5.48. The van der Waals surface area contributed by atoms with E-state index in [1.807, 2.05) is 18.2 Å². The normalized spacial score (nSPS) is 19.7. The van der Waals surface area contributed by atoms with Gasteiger partial charge >= 0.3 is 0 Å². The summed E-state index contributed by atoms with van der Waals surface area (Å²) in [4.78, 5) is 11.7. The van der Waals surface area contributed by atoms with Crippen LogP contribution in [0.4, 0.5) is 15.8 Å². The Bertz CT molecular complexity index is 787. The Hall–Kier alpha value is -2.36. The van der Waals surface area contributed by atoms with Crippen LogP contribution >= 0.6 is 0 Å². The monoisotopic (exact) mass is 324 g/mol. The van der Waals surface area contributed by atoms with E-state index < -0.39 is 0 Å². The van der Waals surface area contributed by atoms with Gasteiger partial charge in [-0.15, -0.1) is 0 Å². The van der Waals surface area contributed by atoms with Gasteiger partial charge in [0, 0.05) is 17.8 Å². The number of aryl methyl sites for hydroxylation is 2. The Morgan fingerprint density at radius 2 is 1.88 bits per heavy atom. The highest BCUT2D eigenvalue weighted by Crippen LogP contribution is 2.34. The van der Waals surface area contributed by atoms with Crippen LogP contribution in [0.5, 0.6) is 0 Å². The third-order valence-corrected chi connectivity index (χ3v) is 4.99. The number of hydrogen-bond acceptors (Lipinski definition) is 2. The third-order valence-electron chi connectivity index (χ3n) is 4.99. The number of carbonyl (C=O) groups excluding carboxylic acids is 1. The predicted octanol–water partition coefficient (Wildman–Crippen LogP) is 4.59. The van der Waals surface area contributed by atoms with Crippen LogP contribution in [0, 0.1) is 5.82 Å². The maximum atomic E-state index is 13.5. The van der Waals surface area contributed by atoms with Crippen LogP contribution in [0.3, 0.4) is 0 Å². The molecule has 4 heteroatoms. The van der Waals surface area contributed by atoms with E-state index in [0.29, 0.717) is 6.42 Å². The van der Waals surface area contributed by atoms with Gasteiger partial charge in [0.15, 0.2) is 0 Å². The molecule has 124 valence electrons. The van der Waals surface area contributed by atoms with Crippen molar-refractivity contribution < 1.29 is 9.18 Å². The standard InChI is InChI=1S/C20H21FN2O/c21-15-7-9-17-13(11-15)3-1-5-19(17)22-16-8-10-18-14(12-16)4-2-6-20(24)23-18/h7-12,19,22H,1-6H2,(H,23,24). The van der Waals surface area contributed by atoms with Crippen LogP contribution < -0.4 is 10.6 Å². The first-order chi connectivity index (χ1) is 11.7. The first-order valence-electron chi connectivity index (χ1n) is 8.67. The lowest BCUT2D eigenvalue weighted by atomic mass is 9.87. The summed E-state index contributed by atoms with van der Waals surface area (Å²) in [5.74, 6) is -0.0622. The molecule has 1 aliphatic heterocycles. The highest BCUT2D eigenvalue weighted by molar-refractivity contribution is 5.92. The van der Waals surface area contributed by atoms with Crippen molar-refractivity contribution in [3.05, 3.63) is 58.9 Å². The Balaban J connectivity index is 1.59. The summed E-state index contributed by atoms with van der Waals surface area (Å²) < 4.78 is 13.5. The van der Waals surface area contributed by atoms with Crippen molar-refractivity contribution in [2.75, 3.05) is 10.6 Å². The molecule has 1 heterocycles. The topological polar surface area (TPSA) is 41.1 Å². The van der Waals surface area contributed by atoms with Crippen molar-refractivity contribution in [3.63, 3.8) is 0 Å². The van der Waals surface area contributed by atoms with E-state index in [1.165, 1.54) is 11.1 Å². The fourth-order valence-corrected chi connectivity index (χ4v) is 3.80. The molecule has 1 amide bonds. The van der Waals surface area contributed by atoms with Crippen LogP contribution in [0.1, 0.15) is 48.4 Å². The van der Waals surface area contributed by atoms with E-state index in [2.05, 4.69) is 16.7 Å². The van der Waals surface area contributed by atoms with Crippen LogP contribution in [-0.4, -0.2) is 5.91 Å². The van der Waals surface area contributed by atoms with Crippen molar-refractivity contribution in [1.29, 1.82) is 0 Å². The molecule has 0 fully saturated rings. The van der Waals surface area contributed by atoms with Gasteiger partial charge < -0.3 is 10.6 Å². The molecule has 0 spiro atoms. The molecule has 1 atom stereocenters. The van der Waals surface area contributed by atoms with Crippen molar-refractivity contribution in [1.82, 2.24) is 0 Å². The summed E-state index contributed by atoms with van der Waals surface area (Å²) in [6, 6.07) is 11.5. The molecule has 2 aromatic rings. The smallest absolute Gasteiger partial charge is 0.224 e. The minimum Gasteiger partial charge on any atom is -0.378 e. The molecule has 2 N–H and O–H groups in total. The Kier molecular flexibility index (Phi) is 3.97. The molecule has 1 aliphatic carbocycles. The summed E-state index contributed by atoms with van der Waals surface area (Å²) in [5, 5.41) is 6.57. The van der Waals surface area contributed by atoms with Gasteiger partial charge in [0.05, 0.1) is 6.04 Å². The van der Waals surface area contributed by atoms with Gasteiger partial charge in [-0.3, -0.25) is 4.79 Å². The van der Waals surface area contributed by atoms with E-state index >= 15 is 0 Å². The Morgan fingerprint density at radius 1 is 1.00 bits per heavy atom. The van der Waals surface area contributed by atoms with Gasteiger partial charge in [0.1, 0.15) is 5.82 Å². The molecular weight excluding hydrogens is 303 g/mol. The summed E-state index contributed by atoms with van der Waals surface area (Å²) in [6.45, 7) is 0. The molecule has 4 rings (SSSR count).